The van der Waals surface area contributed by atoms with Gasteiger partial charge >= 0.3 is 0 Å². The van der Waals surface area contributed by atoms with Crippen LogP contribution in [0.2, 0.25) is 5.02 Å². The minimum Gasteiger partial charge on any atom is -0.337 e. The zero-order valence-electron chi connectivity index (χ0n) is 13.7. The summed E-state index contributed by atoms with van der Waals surface area (Å²) in [6.45, 7) is 0.415. The molecule has 0 saturated carbocycles. The first-order chi connectivity index (χ1) is 12.6. The summed E-state index contributed by atoms with van der Waals surface area (Å²) in [5, 5.41) is 4.50. The summed E-state index contributed by atoms with van der Waals surface area (Å²) in [7, 11) is -3.66. The lowest BCUT2D eigenvalue weighted by Crippen LogP contribution is -2.30. The van der Waals surface area contributed by atoms with Crippen LogP contribution in [0.25, 0.3) is 11.4 Å². The van der Waals surface area contributed by atoms with Crippen molar-refractivity contribution in [3.63, 3.8) is 0 Å². The molecule has 0 amide bonds. The summed E-state index contributed by atoms with van der Waals surface area (Å²) in [4.78, 5) is 4.63. The summed E-state index contributed by atoms with van der Waals surface area (Å²) in [5.41, 5.74) is 0.826. The van der Waals surface area contributed by atoms with Crippen LogP contribution in [0, 0.1) is 0 Å². The van der Waals surface area contributed by atoms with Crippen LogP contribution in [-0.2, 0) is 10.0 Å². The van der Waals surface area contributed by atoms with E-state index in [1.165, 1.54) is 16.4 Å². The Morgan fingerprint density at radius 2 is 1.81 bits per heavy atom. The Hall–Kier alpha value is -2.22. The fraction of sp³-hybridized carbons (Fsp3) is 0.222. The molecule has 3 aromatic rings. The van der Waals surface area contributed by atoms with E-state index in [1.54, 1.807) is 12.1 Å². The Morgan fingerprint density at radius 3 is 2.54 bits per heavy atom. The topological polar surface area (TPSA) is 76.3 Å². The third kappa shape index (κ3) is 3.13. The van der Waals surface area contributed by atoms with Gasteiger partial charge in [-0.15, -0.1) is 0 Å². The molecule has 0 bridgehead atoms. The molecule has 2 heterocycles. The summed E-state index contributed by atoms with van der Waals surface area (Å²) in [5.74, 6) is 0.773. The quantitative estimate of drug-likeness (QED) is 0.676. The first-order valence-electron chi connectivity index (χ1n) is 8.22. The zero-order valence-corrected chi connectivity index (χ0v) is 15.3. The number of halogens is 1. The number of hydrogen-bond donors (Lipinski definition) is 0. The van der Waals surface area contributed by atoms with Crippen molar-refractivity contribution in [2.45, 2.75) is 23.8 Å². The zero-order chi connectivity index (χ0) is 18.1. The van der Waals surface area contributed by atoms with Crippen molar-refractivity contribution in [2.75, 3.05) is 6.54 Å². The summed E-state index contributed by atoms with van der Waals surface area (Å²) < 4.78 is 32.8. The first-order valence-corrected chi connectivity index (χ1v) is 10.0. The van der Waals surface area contributed by atoms with E-state index in [4.69, 9.17) is 16.1 Å². The number of aromatic nitrogens is 2. The lowest BCUT2D eigenvalue weighted by Gasteiger charge is -2.21. The van der Waals surface area contributed by atoms with E-state index in [-0.39, 0.29) is 4.90 Å². The molecule has 8 heteroatoms. The van der Waals surface area contributed by atoms with E-state index >= 15 is 0 Å². The average molecular weight is 390 g/mol. The van der Waals surface area contributed by atoms with Crippen LogP contribution in [0.4, 0.5) is 0 Å². The van der Waals surface area contributed by atoms with Gasteiger partial charge in [0.25, 0.3) is 0 Å². The summed E-state index contributed by atoms with van der Waals surface area (Å²) >= 11 is 5.87. The van der Waals surface area contributed by atoms with Gasteiger partial charge in [0.1, 0.15) is 6.04 Å². The van der Waals surface area contributed by atoms with Gasteiger partial charge in [0.05, 0.1) is 4.90 Å². The van der Waals surface area contributed by atoms with Crippen molar-refractivity contribution in [1.29, 1.82) is 0 Å². The van der Waals surface area contributed by atoms with Crippen molar-refractivity contribution >= 4 is 21.6 Å². The fourth-order valence-electron chi connectivity index (χ4n) is 3.09. The molecule has 0 radical (unpaired) electrons. The number of rotatable bonds is 4. The Balaban J connectivity index is 1.65. The predicted molar refractivity (Wildman–Crippen MR) is 97.1 cm³/mol. The molecule has 1 fully saturated rings. The Labute approximate surface area is 156 Å². The molecule has 6 nitrogen and oxygen atoms in total. The average Bonchev–Trinajstić information content (AvgIpc) is 3.32. The van der Waals surface area contributed by atoms with Crippen molar-refractivity contribution in [1.82, 2.24) is 14.4 Å². The highest BCUT2D eigenvalue weighted by Gasteiger charge is 2.39. The van der Waals surface area contributed by atoms with Gasteiger partial charge < -0.3 is 4.52 Å². The molecular formula is C18H16ClN3O3S. The first kappa shape index (κ1) is 17.2. The Morgan fingerprint density at radius 1 is 1.08 bits per heavy atom. The molecule has 1 atom stereocenters. The number of benzene rings is 2. The second kappa shape index (κ2) is 6.83. The monoisotopic (exact) mass is 389 g/mol. The van der Waals surface area contributed by atoms with Gasteiger partial charge in [-0.2, -0.15) is 9.29 Å². The SMILES string of the molecule is O=S(=O)(c1ccc(Cl)cc1)N1CCC[C@H]1c1nc(-c2ccccc2)no1. The maximum atomic E-state index is 13.0. The molecule has 134 valence electrons. The third-order valence-corrected chi connectivity index (χ3v) is 6.56. The standard InChI is InChI=1S/C18H16ClN3O3S/c19-14-8-10-15(11-9-14)26(23,24)22-12-4-7-16(22)18-20-17(21-25-18)13-5-2-1-3-6-13/h1-3,5-6,8-11,16H,4,7,12H2/t16-/m0/s1. The van der Waals surface area contributed by atoms with Gasteiger partial charge in [0.2, 0.25) is 21.7 Å². The fourth-order valence-corrected chi connectivity index (χ4v) is 4.87. The molecule has 4 rings (SSSR count). The molecule has 0 spiro atoms. The van der Waals surface area contributed by atoms with Gasteiger partial charge in [-0.05, 0) is 37.1 Å². The molecule has 1 aliphatic rings. The summed E-state index contributed by atoms with van der Waals surface area (Å²) in [6.07, 6.45) is 1.38. The second-order valence-electron chi connectivity index (χ2n) is 6.05. The normalized spacial score (nSPS) is 18.3. The lowest BCUT2D eigenvalue weighted by molar-refractivity contribution is 0.290. The second-order valence-corrected chi connectivity index (χ2v) is 8.38. The van der Waals surface area contributed by atoms with Crippen molar-refractivity contribution in [3.05, 3.63) is 65.5 Å². The van der Waals surface area contributed by atoms with E-state index < -0.39 is 16.1 Å². The van der Waals surface area contributed by atoms with E-state index in [0.29, 0.717) is 29.7 Å². The highest BCUT2D eigenvalue weighted by molar-refractivity contribution is 7.89. The van der Waals surface area contributed by atoms with Crippen LogP contribution >= 0.6 is 11.6 Å². The van der Waals surface area contributed by atoms with Crippen LogP contribution in [-0.4, -0.2) is 29.4 Å². The minimum atomic E-state index is -3.66. The van der Waals surface area contributed by atoms with Crippen molar-refractivity contribution in [3.8, 4) is 11.4 Å². The molecule has 0 aliphatic carbocycles. The highest BCUT2D eigenvalue weighted by Crippen LogP contribution is 2.36. The maximum Gasteiger partial charge on any atom is 0.245 e. The Bertz CT molecular complexity index is 1000. The van der Waals surface area contributed by atoms with Crippen molar-refractivity contribution < 1.29 is 12.9 Å². The number of sulfonamides is 1. The number of nitrogens with zero attached hydrogens (tertiary/aromatic N) is 3. The van der Waals surface area contributed by atoms with Crippen LogP contribution in [0.5, 0.6) is 0 Å². The van der Waals surface area contributed by atoms with E-state index in [9.17, 15) is 8.42 Å². The molecule has 1 aromatic heterocycles. The van der Waals surface area contributed by atoms with Crippen LogP contribution in [0.15, 0.2) is 64.0 Å². The smallest absolute Gasteiger partial charge is 0.245 e. The van der Waals surface area contributed by atoms with Gasteiger partial charge in [-0.25, -0.2) is 8.42 Å². The highest BCUT2D eigenvalue weighted by atomic mass is 35.5. The maximum absolute atomic E-state index is 13.0. The van der Waals surface area contributed by atoms with Crippen LogP contribution < -0.4 is 0 Å². The predicted octanol–water partition coefficient (Wildman–Crippen LogP) is 3.92. The van der Waals surface area contributed by atoms with Gasteiger partial charge in [0.15, 0.2) is 0 Å². The van der Waals surface area contributed by atoms with Gasteiger partial charge in [-0.1, -0.05) is 47.1 Å². The van der Waals surface area contributed by atoms with Crippen molar-refractivity contribution in [2.24, 2.45) is 0 Å². The molecule has 26 heavy (non-hydrogen) atoms. The third-order valence-electron chi connectivity index (χ3n) is 4.38. The Kier molecular flexibility index (Phi) is 4.52. The lowest BCUT2D eigenvalue weighted by atomic mass is 10.2. The van der Waals surface area contributed by atoms with Gasteiger partial charge in [0, 0.05) is 17.1 Å². The molecule has 1 saturated heterocycles. The summed E-state index contributed by atoms with van der Waals surface area (Å²) in [6, 6.07) is 15.1. The molecule has 1 aliphatic heterocycles. The largest absolute Gasteiger partial charge is 0.337 e. The minimum absolute atomic E-state index is 0.205. The molecule has 0 N–H and O–H groups in total. The van der Waals surface area contributed by atoms with E-state index in [0.717, 1.165) is 12.0 Å². The van der Waals surface area contributed by atoms with E-state index in [2.05, 4.69) is 10.1 Å². The molecule has 2 aromatic carbocycles. The molecular weight excluding hydrogens is 374 g/mol. The van der Waals surface area contributed by atoms with Gasteiger partial charge in [-0.3, -0.25) is 0 Å². The molecule has 0 unspecified atom stereocenters. The van der Waals surface area contributed by atoms with Crippen LogP contribution in [0.3, 0.4) is 0 Å². The van der Waals surface area contributed by atoms with E-state index in [1.807, 2.05) is 30.3 Å². The number of hydrogen-bond acceptors (Lipinski definition) is 5. The van der Waals surface area contributed by atoms with Crippen LogP contribution in [0.1, 0.15) is 24.8 Å².